The standard InChI is InChI=1S/C10H15/c1-8-9-6-4-2-3-5-7-10(8)9/h2-3,8-10H,1,4-7H2/b3-2+/t8-,9+,10-. The maximum absolute atomic E-state index is 4.15. The fourth-order valence-corrected chi connectivity index (χ4v) is 2.19. The van der Waals surface area contributed by atoms with Gasteiger partial charge in [-0.1, -0.05) is 12.2 Å². The van der Waals surface area contributed by atoms with E-state index in [0.29, 0.717) is 0 Å². The van der Waals surface area contributed by atoms with E-state index in [-0.39, 0.29) is 0 Å². The van der Waals surface area contributed by atoms with E-state index in [1.54, 1.807) is 0 Å². The summed E-state index contributed by atoms with van der Waals surface area (Å²) < 4.78 is 0. The van der Waals surface area contributed by atoms with Gasteiger partial charge in [0.15, 0.2) is 0 Å². The van der Waals surface area contributed by atoms with Crippen LogP contribution >= 0.6 is 0 Å². The van der Waals surface area contributed by atoms with Crippen molar-refractivity contribution in [1.82, 2.24) is 0 Å². The number of allylic oxidation sites excluding steroid dienone is 2. The van der Waals surface area contributed by atoms with Crippen molar-refractivity contribution in [3.8, 4) is 0 Å². The Morgan fingerprint density at radius 2 is 1.50 bits per heavy atom. The minimum atomic E-state index is 0.805. The monoisotopic (exact) mass is 135 g/mol. The molecule has 0 saturated heterocycles. The quantitative estimate of drug-likeness (QED) is 0.448. The van der Waals surface area contributed by atoms with Crippen molar-refractivity contribution in [2.75, 3.05) is 0 Å². The van der Waals surface area contributed by atoms with E-state index in [1.807, 2.05) is 0 Å². The Kier molecular flexibility index (Phi) is 1.55. The number of hydrogen-bond acceptors (Lipinski definition) is 0. The Hall–Kier alpha value is -0.260. The third kappa shape index (κ3) is 1.00. The number of hydrogen-bond donors (Lipinski definition) is 0. The zero-order valence-corrected chi connectivity index (χ0v) is 6.42. The second-order valence-corrected chi connectivity index (χ2v) is 3.62. The normalized spacial score (nSPS) is 48.7. The molecule has 0 aromatic rings. The van der Waals surface area contributed by atoms with Gasteiger partial charge in [-0.2, -0.15) is 0 Å². The van der Waals surface area contributed by atoms with Crippen molar-refractivity contribution in [3.05, 3.63) is 19.1 Å². The molecule has 2 aliphatic rings. The summed E-state index contributed by atoms with van der Waals surface area (Å²) in [4.78, 5) is 0. The predicted molar refractivity (Wildman–Crippen MR) is 43.4 cm³/mol. The molecule has 0 heterocycles. The van der Waals surface area contributed by atoms with E-state index >= 15 is 0 Å². The van der Waals surface area contributed by atoms with E-state index in [2.05, 4.69) is 19.1 Å². The van der Waals surface area contributed by atoms with E-state index in [0.717, 1.165) is 17.8 Å². The van der Waals surface area contributed by atoms with E-state index < -0.39 is 0 Å². The predicted octanol–water partition coefficient (Wildman–Crippen LogP) is 2.81. The Labute approximate surface area is 63.3 Å². The summed E-state index contributed by atoms with van der Waals surface area (Å²) in [6.07, 6.45) is 10.1. The molecule has 1 saturated carbocycles. The Morgan fingerprint density at radius 1 is 1.00 bits per heavy atom. The summed E-state index contributed by atoms with van der Waals surface area (Å²) in [5.41, 5.74) is 0. The molecule has 1 radical (unpaired) electrons. The molecule has 55 valence electrons. The molecule has 1 fully saturated rings. The van der Waals surface area contributed by atoms with Gasteiger partial charge < -0.3 is 0 Å². The molecule has 0 aromatic carbocycles. The van der Waals surface area contributed by atoms with Gasteiger partial charge in [-0.05, 0) is 50.4 Å². The molecule has 0 aromatic heterocycles. The summed E-state index contributed by atoms with van der Waals surface area (Å²) in [5, 5.41) is 0. The van der Waals surface area contributed by atoms with E-state index in [9.17, 15) is 0 Å². The summed E-state index contributed by atoms with van der Waals surface area (Å²) in [7, 11) is 0. The molecule has 2 aliphatic carbocycles. The van der Waals surface area contributed by atoms with Gasteiger partial charge in [0.25, 0.3) is 0 Å². The minimum Gasteiger partial charge on any atom is -0.0885 e. The van der Waals surface area contributed by atoms with Crippen LogP contribution in [0.2, 0.25) is 0 Å². The zero-order valence-electron chi connectivity index (χ0n) is 6.42. The summed E-state index contributed by atoms with van der Waals surface area (Å²) in [6, 6.07) is 0. The lowest BCUT2D eigenvalue weighted by Crippen LogP contribution is -1.85. The molecule has 2 rings (SSSR count). The van der Waals surface area contributed by atoms with Gasteiger partial charge in [0.2, 0.25) is 0 Å². The SMILES string of the molecule is [CH2][C@H]1[C@H]2CC/C=C/CC[C@@H]12. The Morgan fingerprint density at radius 3 is 2.00 bits per heavy atom. The topological polar surface area (TPSA) is 0 Å². The van der Waals surface area contributed by atoms with Crippen molar-refractivity contribution in [1.29, 1.82) is 0 Å². The molecule has 0 bridgehead atoms. The largest absolute Gasteiger partial charge is 0.0885 e. The highest BCUT2D eigenvalue weighted by Gasteiger charge is 2.44. The first-order chi connectivity index (χ1) is 4.89. The highest BCUT2D eigenvalue weighted by Crippen LogP contribution is 2.51. The third-order valence-electron chi connectivity index (χ3n) is 3.01. The van der Waals surface area contributed by atoms with Crippen LogP contribution in [0.3, 0.4) is 0 Å². The lowest BCUT2D eigenvalue weighted by Gasteiger charge is -1.99. The van der Waals surface area contributed by atoms with Crippen LogP contribution in [0.1, 0.15) is 25.7 Å². The van der Waals surface area contributed by atoms with Gasteiger partial charge in [0.1, 0.15) is 0 Å². The molecule has 0 N–H and O–H groups in total. The maximum Gasteiger partial charge on any atom is -0.0348 e. The minimum absolute atomic E-state index is 0.805. The average molecular weight is 135 g/mol. The molecule has 10 heavy (non-hydrogen) atoms. The van der Waals surface area contributed by atoms with Crippen molar-refractivity contribution in [3.63, 3.8) is 0 Å². The maximum atomic E-state index is 4.15. The van der Waals surface area contributed by atoms with E-state index in [1.165, 1.54) is 25.7 Å². The van der Waals surface area contributed by atoms with Crippen LogP contribution in [0.4, 0.5) is 0 Å². The molecule has 3 atom stereocenters. The summed E-state index contributed by atoms with van der Waals surface area (Å²) in [5.74, 6) is 2.79. The van der Waals surface area contributed by atoms with Gasteiger partial charge in [0, 0.05) is 0 Å². The average Bonchev–Trinajstić information content (AvgIpc) is 2.39. The van der Waals surface area contributed by atoms with Crippen LogP contribution in [0.25, 0.3) is 0 Å². The van der Waals surface area contributed by atoms with Crippen LogP contribution in [-0.4, -0.2) is 0 Å². The molecule has 0 spiro atoms. The molecule has 0 aliphatic heterocycles. The number of rotatable bonds is 0. The molecular weight excluding hydrogens is 120 g/mol. The van der Waals surface area contributed by atoms with E-state index in [4.69, 9.17) is 0 Å². The van der Waals surface area contributed by atoms with Gasteiger partial charge in [0.05, 0.1) is 0 Å². The van der Waals surface area contributed by atoms with Crippen LogP contribution in [0.15, 0.2) is 12.2 Å². The van der Waals surface area contributed by atoms with Gasteiger partial charge in [-0.3, -0.25) is 0 Å². The fraction of sp³-hybridized carbons (Fsp3) is 0.700. The Balaban J connectivity index is 1.94. The lowest BCUT2D eigenvalue weighted by molar-refractivity contribution is 0.605. The zero-order chi connectivity index (χ0) is 6.97. The van der Waals surface area contributed by atoms with Gasteiger partial charge >= 0.3 is 0 Å². The van der Waals surface area contributed by atoms with Crippen LogP contribution in [-0.2, 0) is 0 Å². The molecule has 0 amide bonds. The second-order valence-electron chi connectivity index (χ2n) is 3.62. The third-order valence-corrected chi connectivity index (χ3v) is 3.01. The van der Waals surface area contributed by atoms with Gasteiger partial charge in [-0.25, -0.2) is 0 Å². The first kappa shape index (κ1) is 6.45. The number of fused-ring (bicyclic) bond motifs is 1. The molecule has 0 unspecified atom stereocenters. The van der Waals surface area contributed by atoms with Crippen LogP contribution < -0.4 is 0 Å². The van der Waals surface area contributed by atoms with Crippen molar-refractivity contribution < 1.29 is 0 Å². The molecule has 0 nitrogen and oxygen atoms in total. The lowest BCUT2D eigenvalue weighted by atomic mass is 10.1. The van der Waals surface area contributed by atoms with Crippen LogP contribution in [0.5, 0.6) is 0 Å². The summed E-state index contributed by atoms with van der Waals surface area (Å²) >= 11 is 0. The van der Waals surface area contributed by atoms with Crippen molar-refractivity contribution in [2.45, 2.75) is 25.7 Å². The summed E-state index contributed by atoms with van der Waals surface area (Å²) in [6.45, 7) is 4.15. The second kappa shape index (κ2) is 2.41. The first-order valence-electron chi connectivity index (χ1n) is 4.37. The van der Waals surface area contributed by atoms with Crippen molar-refractivity contribution >= 4 is 0 Å². The first-order valence-corrected chi connectivity index (χ1v) is 4.37. The van der Waals surface area contributed by atoms with Crippen LogP contribution in [0, 0.1) is 24.7 Å². The molecule has 0 heteroatoms. The molecular formula is C10H15. The highest BCUT2D eigenvalue weighted by atomic mass is 14.5. The fourth-order valence-electron chi connectivity index (χ4n) is 2.19. The van der Waals surface area contributed by atoms with Gasteiger partial charge in [-0.15, -0.1) is 0 Å². The smallest absolute Gasteiger partial charge is 0.0348 e. The van der Waals surface area contributed by atoms with Crippen molar-refractivity contribution in [2.24, 2.45) is 17.8 Å². The highest BCUT2D eigenvalue weighted by molar-refractivity contribution is 5.02. The Bertz CT molecular complexity index is 130.